The molecule has 0 saturated heterocycles. The van der Waals surface area contributed by atoms with Crippen molar-refractivity contribution in [3.63, 3.8) is 0 Å². The van der Waals surface area contributed by atoms with E-state index in [2.05, 4.69) is 16.4 Å². The molecule has 0 saturated carbocycles. The number of rotatable bonds is 10. The first-order valence-electron chi connectivity index (χ1n) is 9.83. The van der Waals surface area contributed by atoms with Gasteiger partial charge in [-0.3, -0.25) is 4.79 Å². The summed E-state index contributed by atoms with van der Waals surface area (Å²) in [6.07, 6.45) is 2.11. The third kappa shape index (κ3) is 6.33. The van der Waals surface area contributed by atoms with E-state index in [1.165, 1.54) is 0 Å². The van der Waals surface area contributed by atoms with Crippen LogP contribution in [0.4, 0.5) is 5.82 Å². The second-order valence-electron chi connectivity index (χ2n) is 6.76. The molecule has 0 radical (unpaired) electrons. The molecule has 0 atom stereocenters. The Morgan fingerprint density at radius 3 is 2.61 bits per heavy atom. The molecule has 1 heterocycles. The van der Waals surface area contributed by atoms with Crippen LogP contribution in [0.25, 0.3) is 11.1 Å². The maximum absolute atomic E-state index is 12.7. The summed E-state index contributed by atoms with van der Waals surface area (Å²) in [4.78, 5) is 27.7. The van der Waals surface area contributed by atoms with Crippen LogP contribution in [-0.4, -0.2) is 35.2 Å². The number of aryl methyl sites for hydroxylation is 1. The monoisotopic (exact) mass is 463 g/mol. The number of anilines is 1. The van der Waals surface area contributed by atoms with Crippen molar-refractivity contribution in [3.05, 3.63) is 45.1 Å². The van der Waals surface area contributed by atoms with Gasteiger partial charge in [-0.15, -0.1) is 0 Å². The summed E-state index contributed by atoms with van der Waals surface area (Å²) in [5.41, 5.74) is 1.55. The van der Waals surface area contributed by atoms with Gasteiger partial charge in [0.15, 0.2) is 0 Å². The van der Waals surface area contributed by atoms with Crippen molar-refractivity contribution < 1.29 is 19.4 Å². The largest absolute Gasteiger partial charge is 0.481 e. The minimum absolute atomic E-state index is 0.119. The zero-order chi connectivity index (χ0) is 23.0. The number of hydrogen-bond acceptors (Lipinski definition) is 6. The number of carboxylic acid groups (broad SMARTS) is 1. The number of aliphatic carboxylic acids is 1. The normalized spacial score (nSPS) is 10.4. The van der Waals surface area contributed by atoms with Gasteiger partial charge in [0.2, 0.25) is 0 Å². The van der Waals surface area contributed by atoms with Crippen molar-refractivity contribution in [2.24, 2.45) is 0 Å². The predicted octanol–water partition coefficient (Wildman–Crippen LogP) is 5.47. The van der Waals surface area contributed by atoms with E-state index in [0.29, 0.717) is 52.1 Å². The van der Waals surface area contributed by atoms with Crippen LogP contribution in [0.1, 0.15) is 54.2 Å². The molecule has 0 bridgehead atoms. The summed E-state index contributed by atoms with van der Waals surface area (Å²) in [6.45, 7) is 4.03. The molecule has 2 aromatic rings. The van der Waals surface area contributed by atoms with Crippen molar-refractivity contribution in [2.45, 2.75) is 39.5 Å². The summed E-state index contributed by atoms with van der Waals surface area (Å²) in [5, 5.41) is 22.5. The molecular formula is C22H23Cl2N3O4. The van der Waals surface area contributed by atoms with Gasteiger partial charge in [-0.2, -0.15) is 5.26 Å². The van der Waals surface area contributed by atoms with Crippen molar-refractivity contribution in [3.8, 4) is 17.2 Å². The Hall–Kier alpha value is -2.82. The fourth-order valence-corrected chi connectivity index (χ4v) is 3.64. The highest BCUT2D eigenvalue weighted by Gasteiger charge is 2.26. The van der Waals surface area contributed by atoms with E-state index < -0.39 is 11.9 Å². The molecule has 1 aromatic carbocycles. The summed E-state index contributed by atoms with van der Waals surface area (Å²) >= 11 is 12.4. The number of esters is 1. The highest BCUT2D eigenvalue weighted by Crippen LogP contribution is 2.38. The lowest BCUT2D eigenvalue weighted by molar-refractivity contribution is -0.137. The molecule has 1 aromatic heterocycles. The van der Waals surface area contributed by atoms with E-state index in [1.807, 2.05) is 0 Å². The van der Waals surface area contributed by atoms with Crippen molar-refractivity contribution in [1.82, 2.24) is 4.98 Å². The molecule has 0 fully saturated rings. The van der Waals surface area contributed by atoms with Crippen LogP contribution in [-0.2, 0) is 9.53 Å². The number of pyridine rings is 1. The minimum Gasteiger partial charge on any atom is -0.481 e. The van der Waals surface area contributed by atoms with Gasteiger partial charge >= 0.3 is 11.9 Å². The minimum atomic E-state index is -0.823. The van der Waals surface area contributed by atoms with Gasteiger partial charge in [-0.1, -0.05) is 35.7 Å². The molecule has 7 nitrogen and oxygen atoms in total. The number of ether oxygens (including phenoxy) is 1. The lowest BCUT2D eigenvalue weighted by Crippen LogP contribution is -2.15. The smallest absolute Gasteiger partial charge is 0.340 e. The highest BCUT2D eigenvalue weighted by atomic mass is 35.5. The topological polar surface area (TPSA) is 112 Å². The third-order valence-corrected chi connectivity index (χ3v) is 5.08. The number of nitrogens with one attached hydrogen (secondary N) is 1. The van der Waals surface area contributed by atoms with Crippen molar-refractivity contribution in [2.75, 3.05) is 18.5 Å². The first-order valence-corrected chi connectivity index (χ1v) is 10.6. The number of carboxylic acids is 1. The maximum atomic E-state index is 12.7. The molecule has 0 unspecified atom stereocenters. The first kappa shape index (κ1) is 24.4. The SMILES string of the molecule is CCOC(=O)c1c(C)nc(NCCCCCC(=O)O)c(C#N)c1-c1ccc(Cl)cc1Cl. The Kier molecular flexibility index (Phi) is 9.10. The molecular weight excluding hydrogens is 441 g/mol. The molecule has 2 N–H and O–H groups in total. The maximum Gasteiger partial charge on any atom is 0.340 e. The second kappa shape index (κ2) is 11.5. The zero-order valence-corrected chi connectivity index (χ0v) is 18.8. The summed E-state index contributed by atoms with van der Waals surface area (Å²) < 4.78 is 5.19. The van der Waals surface area contributed by atoms with Crippen LogP contribution >= 0.6 is 23.2 Å². The lowest BCUT2D eigenvalue weighted by Gasteiger charge is -2.18. The number of nitrogens with zero attached hydrogens (tertiary/aromatic N) is 2. The number of halogens is 2. The average molecular weight is 464 g/mol. The number of carbonyl (C=O) groups excluding carboxylic acids is 1. The van der Waals surface area contributed by atoms with Crippen LogP contribution in [0.2, 0.25) is 10.0 Å². The van der Waals surface area contributed by atoms with Crippen LogP contribution < -0.4 is 5.32 Å². The van der Waals surface area contributed by atoms with E-state index in [9.17, 15) is 14.9 Å². The third-order valence-electron chi connectivity index (χ3n) is 4.53. The number of benzene rings is 1. The number of hydrogen-bond donors (Lipinski definition) is 2. The number of carbonyl (C=O) groups is 2. The molecule has 0 amide bonds. The van der Waals surface area contributed by atoms with E-state index in [0.717, 1.165) is 6.42 Å². The van der Waals surface area contributed by atoms with Crippen molar-refractivity contribution in [1.29, 1.82) is 5.26 Å². The van der Waals surface area contributed by atoms with Gasteiger partial charge < -0.3 is 15.2 Å². The van der Waals surface area contributed by atoms with Gasteiger partial charge in [-0.25, -0.2) is 9.78 Å². The van der Waals surface area contributed by atoms with E-state index in [4.69, 9.17) is 33.0 Å². The van der Waals surface area contributed by atoms with Gasteiger partial charge in [0, 0.05) is 34.1 Å². The van der Waals surface area contributed by atoms with E-state index >= 15 is 0 Å². The number of aromatic nitrogens is 1. The van der Waals surface area contributed by atoms with E-state index in [1.54, 1.807) is 32.0 Å². The van der Waals surface area contributed by atoms with Gasteiger partial charge in [-0.05, 0) is 38.8 Å². The summed E-state index contributed by atoms with van der Waals surface area (Å²) in [7, 11) is 0. The molecule has 2 rings (SSSR count). The van der Waals surface area contributed by atoms with Gasteiger partial charge in [0.1, 0.15) is 17.5 Å². The fraction of sp³-hybridized carbons (Fsp3) is 0.364. The second-order valence-corrected chi connectivity index (χ2v) is 7.60. The standard InChI is InChI=1S/C22H23Cl2N3O4/c1-3-31-22(30)19-13(2)27-21(26-10-6-4-5-7-18(28)29)16(12-25)20(19)15-9-8-14(23)11-17(15)24/h8-9,11H,3-7,10H2,1-2H3,(H,26,27)(H,28,29). The number of nitriles is 1. The predicted molar refractivity (Wildman–Crippen MR) is 120 cm³/mol. The Morgan fingerprint density at radius 2 is 2.00 bits per heavy atom. The Labute approximate surface area is 191 Å². The molecule has 0 spiro atoms. The quantitative estimate of drug-likeness (QED) is 0.354. The van der Waals surface area contributed by atoms with Gasteiger partial charge in [0.25, 0.3) is 0 Å². The highest BCUT2D eigenvalue weighted by molar-refractivity contribution is 6.36. The Bertz CT molecular complexity index is 1020. The molecule has 31 heavy (non-hydrogen) atoms. The fourth-order valence-electron chi connectivity index (χ4n) is 3.14. The Balaban J connectivity index is 2.47. The molecule has 0 aliphatic rings. The average Bonchev–Trinajstić information content (AvgIpc) is 2.70. The van der Waals surface area contributed by atoms with E-state index in [-0.39, 0.29) is 24.2 Å². The summed E-state index contributed by atoms with van der Waals surface area (Å²) in [6, 6.07) is 6.96. The zero-order valence-electron chi connectivity index (χ0n) is 17.3. The first-order chi connectivity index (χ1) is 14.8. The van der Waals surface area contributed by atoms with Crippen LogP contribution in [0.15, 0.2) is 18.2 Å². The van der Waals surface area contributed by atoms with Crippen LogP contribution in [0, 0.1) is 18.3 Å². The van der Waals surface area contributed by atoms with Crippen LogP contribution in [0.3, 0.4) is 0 Å². The lowest BCUT2D eigenvalue weighted by atomic mass is 9.94. The van der Waals surface area contributed by atoms with Crippen LogP contribution in [0.5, 0.6) is 0 Å². The summed E-state index contributed by atoms with van der Waals surface area (Å²) in [5.74, 6) is -1.09. The van der Waals surface area contributed by atoms with Gasteiger partial charge in [0.05, 0.1) is 17.9 Å². The van der Waals surface area contributed by atoms with Crippen molar-refractivity contribution >= 4 is 41.0 Å². The molecule has 0 aliphatic carbocycles. The molecule has 0 aliphatic heterocycles. The molecule has 164 valence electrons. The Morgan fingerprint density at radius 1 is 1.26 bits per heavy atom. The number of unbranched alkanes of at least 4 members (excludes halogenated alkanes) is 2. The molecule has 9 heteroatoms.